The van der Waals surface area contributed by atoms with Gasteiger partial charge in [0.1, 0.15) is 0 Å². The molecule has 0 atom stereocenters. The number of carbonyl (C=O) groups excluding carboxylic acids is 2. The SMILES string of the molecule is Cc1ccccc1C(=O)NCC(=O)N1CC[NH+](C/C=C/c2ccccc2)CC1. The Hall–Kier alpha value is -2.92. The molecular formula is C23H28N3O2+. The van der Waals surface area contributed by atoms with Gasteiger partial charge in [-0.25, -0.2) is 0 Å². The van der Waals surface area contributed by atoms with Gasteiger partial charge in [0.2, 0.25) is 5.91 Å². The van der Waals surface area contributed by atoms with Crippen molar-refractivity contribution >= 4 is 17.9 Å². The molecule has 0 bridgehead atoms. The molecule has 2 aromatic rings. The van der Waals surface area contributed by atoms with Crippen molar-refractivity contribution in [3.05, 3.63) is 77.4 Å². The van der Waals surface area contributed by atoms with Crippen LogP contribution in [0, 0.1) is 6.92 Å². The largest absolute Gasteiger partial charge is 0.343 e. The third kappa shape index (κ3) is 5.54. The van der Waals surface area contributed by atoms with E-state index in [4.69, 9.17) is 0 Å². The summed E-state index contributed by atoms with van der Waals surface area (Å²) in [5, 5.41) is 2.75. The molecule has 5 nitrogen and oxygen atoms in total. The van der Waals surface area contributed by atoms with Gasteiger partial charge in [-0.3, -0.25) is 9.59 Å². The maximum absolute atomic E-state index is 12.4. The lowest BCUT2D eigenvalue weighted by molar-refractivity contribution is -0.898. The average Bonchev–Trinajstić information content (AvgIpc) is 2.73. The van der Waals surface area contributed by atoms with E-state index in [1.54, 1.807) is 6.07 Å². The van der Waals surface area contributed by atoms with Crippen LogP contribution in [-0.4, -0.2) is 56.0 Å². The second-order valence-electron chi connectivity index (χ2n) is 7.15. The monoisotopic (exact) mass is 378 g/mol. The molecule has 0 saturated carbocycles. The molecule has 2 aromatic carbocycles. The number of hydrogen-bond acceptors (Lipinski definition) is 2. The average molecular weight is 378 g/mol. The van der Waals surface area contributed by atoms with Crippen LogP contribution in [0.4, 0.5) is 0 Å². The molecule has 3 rings (SSSR count). The Kier molecular flexibility index (Phi) is 6.98. The molecule has 0 aliphatic carbocycles. The molecule has 0 aromatic heterocycles. The van der Waals surface area contributed by atoms with Crippen LogP contribution in [0.1, 0.15) is 21.5 Å². The van der Waals surface area contributed by atoms with Crippen molar-refractivity contribution in [2.45, 2.75) is 6.92 Å². The second-order valence-corrected chi connectivity index (χ2v) is 7.15. The number of rotatable bonds is 6. The number of amides is 2. The molecular weight excluding hydrogens is 350 g/mol. The van der Waals surface area contributed by atoms with Crippen molar-refractivity contribution in [1.29, 1.82) is 0 Å². The predicted octanol–water partition coefficient (Wildman–Crippen LogP) is 1.17. The number of benzene rings is 2. The molecule has 146 valence electrons. The van der Waals surface area contributed by atoms with Crippen LogP contribution in [0.2, 0.25) is 0 Å². The first-order valence-corrected chi connectivity index (χ1v) is 9.80. The zero-order chi connectivity index (χ0) is 19.8. The molecule has 0 spiro atoms. The van der Waals surface area contributed by atoms with Crippen LogP contribution >= 0.6 is 0 Å². The van der Waals surface area contributed by atoms with Gasteiger partial charge >= 0.3 is 0 Å². The lowest BCUT2D eigenvalue weighted by Crippen LogP contribution is -3.14. The highest BCUT2D eigenvalue weighted by Gasteiger charge is 2.23. The van der Waals surface area contributed by atoms with Gasteiger partial charge in [0.15, 0.2) is 0 Å². The minimum Gasteiger partial charge on any atom is -0.343 e. The second kappa shape index (κ2) is 9.85. The first-order chi connectivity index (χ1) is 13.6. The highest BCUT2D eigenvalue weighted by Crippen LogP contribution is 2.06. The summed E-state index contributed by atoms with van der Waals surface area (Å²) >= 11 is 0. The van der Waals surface area contributed by atoms with Crippen LogP contribution < -0.4 is 10.2 Å². The predicted molar refractivity (Wildman–Crippen MR) is 111 cm³/mol. The fourth-order valence-corrected chi connectivity index (χ4v) is 3.39. The fraction of sp³-hybridized carbons (Fsp3) is 0.304. The third-order valence-corrected chi connectivity index (χ3v) is 5.13. The summed E-state index contributed by atoms with van der Waals surface area (Å²) in [5.41, 5.74) is 2.74. The van der Waals surface area contributed by atoms with Crippen molar-refractivity contribution in [2.24, 2.45) is 0 Å². The van der Waals surface area contributed by atoms with Gasteiger partial charge < -0.3 is 15.1 Å². The van der Waals surface area contributed by atoms with E-state index < -0.39 is 0 Å². The first-order valence-electron chi connectivity index (χ1n) is 9.80. The Balaban J connectivity index is 1.39. The van der Waals surface area contributed by atoms with Crippen molar-refractivity contribution in [3.63, 3.8) is 0 Å². The standard InChI is InChI=1S/C23H27N3O2/c1-19-8-5-6-12-21(19)23(28)24-18-22(27)26-16-14-25(15-17-26)13-7-11-20-9-3-2-4-10-20/h2-12H,13-18H2,1H3,(H,24,28)/p+1/b11-7+. The summed E-state index contributed by atoms with van der Waals surface area (Å²) in [5.74, 6) is -0.206. The highest BCUT2D eigenvalue weighted by atomic mass is 16.2. The van der Waals surface area contributed by atoms with E-state index in [0.29, 0.717) is 5.56 Å². The maximum atomic E-state index is 12.4. The topological polar surface area (TPSA) is 53.9 Å². The Morgan fingerprint density at radius 1 is 1.04 bits per heavy atom. The Morgan fingerprint density at radius 3 is 2.43 bits per heavy atom. The van der Waals surface area contributed by atoms with Crippen molar-refractivity contribution < 1.29 is 14.5 Å². The molecule has 2 N–H and O–H groups in total. The number of nitrogens with zero attached hydrogens (tertiary/aromatic N) is 1. The zero-order valence-corrected chi connectivity index (χ0v) is 16.4. The Bertz CT molecular complexity index is 825. The summed E-state index contributed by atoms with van der Waals surface area (Å²) in [6.07, 6.45) is 4.34. The van der Waals surface area contributed by atoms with Crippen molar-refractivity contribution in [3.8, 4) is 0 Å². The summed E-state index contributed by atoms with van der Waals surface area (Å²) in [6.45, 7) is 6.22. The van der Waals surface area contributed by atoms with E-state index in [1.165, 1.54) is 10.5 Å². The van der Waals surface area contributed by atoms with E-state index in [2.05, 4.69) is 29.6 Å². The first kappa shape index (κ1) is 19.8. The number of hydrogen-bond donors (Lipinski definition) is 2. The van der Waals surface area contributed by atoms with Gasteiger partial charge in [0, 0.05) is 5.56 Å². The molecule has 2 amide bonds. The van der Waals surface area contributed by atoms with Crippen LogP contribution in [0.5, 0.6) is 0 Å². The summed E-state index contributed by atoms with van der Waals surface area (Å²) < 4.78 is 0. The lowest BCUT2D eigenvalue weighted by Gasteiger charge is -2.31. The molecule has 0 unspecified atom stereocenters. The quantitative estimate of drug-likeness (QED) is 0.793. The molecule has 28 heavy (non-hydrogen) atoms. The Labute approximate surface area is 166 Å². The minimum atomic E-state index is -0.193. The van der Waals surface area contributed by atoms with Crippen molar-refractivity contribution in [1.82, 2.24) is 10.2 Å². The zero-order valence-electron chi connectivity index (χ0n) is 16.4. The minimum absolute atomic E-state index is 0.0131. The molecule has 1 fully saturated rings. The van der Waals surface area contributed by atoms with Gasteiger partial charge in [-0.15, -0.1) is 0 Å². The van der Waals surface area contributed by atoms with Crippen LogP contribution in [0.3, 0.4) is 0 Å². The smallest absolute Gasteiger partial charge is 0.251 e. The van der Waals surface area contributed by atoms with E-state index in [1.807, 2.05) is 48.2 Å². The van der Waals surface area contributed by atoms with E-state index in [0.717, 1.165) is 38.3 Å². The summed E-state index contributed by atoms with van der Waals surface area (Å²) in [6, 6.07) is 17.7. The molecule has 1 aliphatic heterocycles. The number of quaternary nitrogens is 1. The van der Waals surface area contributed by atoms with Crippen molar-refractivity contribution in [2.75, 3.05) is 39.3 Å². The van der Waals surface area contributed by atoms with E-state index in [-0.39, 0.29) is 18.4 Å². The molecule has 1 heterocycles. The van der Waals surface area contributed by atoms with Crippen LogP contribution in [0.25, 0.3) is 6.08 Å². The lowest BCUT2D eigenvalue weighted by atomic mass is 10.1. The molecule has 1 aliphatic rings. The number of carbonyl (C=O) groups is 2. The summed E-state index contributed by atoms with van der Waals surface area (Å²) in [7, 11) is 0. The van der Waals surface area contributed by atoms with E-state index >= 15 is 0 Å². The Morgan fingerprint density at radius 2 is 1.71 bits per heavy atom. The van der Waals surface area contributed by atoms with Gasteiger partial charge in [0.05, 0.1) is 39.3 Å². The van der Waals surface area contributed by atoms with Gasteiger partial charge in [-0.2, -0.15) is 0 Å². The van der Waals surface area contributed by atoms with E-state index in [9.17, 15) is 9.59 Å². The summed E-state index contributed by atoms with van der Waals surface area (Å²) in [4.78, 5) is 28.0. The number of piperazine rings is 1. The van der Waals surface area contributed by atoms with Gasteiger partial charge in [-0.1, -0.05) is 54.6 Å². The van der Waals surface area contributed by atoms with Crippen LogP contribution in [-0.2, 0) is 4.79 Å². The molecule has 0 radical (unpaired) electrons. The highest BCUT2D eigenvalue weighted by molar-refractivity contribution is 5.97. The molecule has 1 saturated heterocycles. The van der Waals surface area contributed by atoms with Gasteiger partial charge in [0.25, 0.3) is 5.91 Å². The third-order valence-electron chi connectivity index (χ3n) is 5.13. The molecule has 5 heteroatoms. The van der Waals surface area contributed by atoms with Crippen LogP contribution in [0.15, 0.2) is 60.7 Å². The van der Waals surface area contributed by atoms with Gasteiger partial charge in [-0.05, 0) is 30.2 Å². The fourth-order valence-electron chi connectivity index (χ4n) is 3.39. The number of aryl methyl sites for hydroxylation is 1. The maximum Gasteiger partial charge on any atom is 0.251 e. The normalized spacial score (nSPS) is 15.0. The number of nitrogens with one attached hydrogen (secondary N) is 2.